The molecule has 0 aliphatic rings. The summed E-state index contributed by atoms with van der Waals surface area (Å²) in [7, 11) is -7.23. The number of hydrogen-bond donors (Lipinski definition) is 2. The molecule has 9 heteroatoms. The van der Waals surface area contributed by atoms with Gasteiger partial charge in [0.2, 0.25) is 0 Å². The van der Waals surface area contributed by atoms with Crippen LogP contribution in [-0.2, 0) is 19.9 Å². The lowest BCUT2D eigenvalue weighted by atomic mass is 10.1. The molecule has 0 fully saturated rings. The average molecular weight is 501 g/mol. The fourth-order valence-corrected chi connectivity index (χ4v) is 5.56. The van der Waals surface area contributed by atoms with Gasteiger partial charge in [-0.15, -0.1) is 0 Å². The van der Waals surface area contributed by atoms with Gasteiger partial charge in [-0.3, -0.25) is 9.52 Å². The van der Waals surface area contributed by atoms with Crippen molar-refractivity contribution < 1.29 is 21.6 Å². The minimum atomic E-state index is -3.92. The molecule has 7 nitrogen and oxygen atoms in total. The Balaban J connectivity index is 1.82. The quantitative estimate of drug-likeness (QED) is 0.503. The Morgan fingerprint density at radius 2 is 1.47 bits per heavy atom. The molecule has 0 saturated heterocycles. The zero-order valence-corrected chi connectivity index (χ0v) is 21.3. The van der Waals surface area contributed by atoms with Crippen molar-refractivity contribution >= 4 is 31.5 Å². The van der Waals surface area contributed by atoms with Gasteiger partial charge < -0.3 is 5.32 Å². The predicted octanol–water partition coefficient (Wildman–Crippen LogP) is 4.31. The molecule has 2 N–H and O–H groups in total. The van der Waals surface area contributed by atoms with Crippen molar-refractivity contribution in [2.24, 2.45) is 0 Å². The Kier molecular flexibility index (Phi) is 7.18. The Morgan fingerprint density at radius 3 is 2.06 bits per heavy atom. The summed E-state index contributed by atoms with van der Waals surface area (Å²) in [5.41, 5.74) is 3.73. The molecule has 0 radical (unpaired) electrons. The minimum Gasteiger partial charge on any atom is -0.346 e. The zero-order chi connectivity index (χ0) is 25.3. The van der Waals surface area contributed by atoms with Crippen LogP contribution in [0.15, 0.2) is 70.5 Å². The Morgan fingerprint density at radius 1 is 0.824 bits per heavy atom. The number of aryl methyl sites for hydroxylation is 3. The van der Waals surface area contributed by atoms with Crippen molar-refractivity contribution in [3.05, 3.63) is 88.5 Å². The lowest BCUT2D eigenvalue weighted by molar-refractivity contribution is 0.0939. The van der Waals surface area contributed by atoms with E-state index in [0.717, 1.165) is 22.9 Å². The van der Waals surface area contributed by atoms with Crippen molar-refractivity contribution in [3.63, 3.8) is 0 Å². The molecule has 1 amide bonds. The second-order valence-electron chi connectivity index (χ2n) is 8.44. The molecule has 0 unspecified atom stereocenters. The number of anilines is 1. The minimum absolute atomic E-state index is 0.0188. The fourth-order valence-electron chi connectivity index (χ4n) is 3.53. The van der Waals surface area contributed by atoms with Gasteiger partial charge in [-0.2, -0.15) is 0 Å². The van der Waals surface area contributed by atoms with E-state index in [9.17, 15) is 21.6 Å². The molecule has 0 aliphatic carbocycles. The van der Waals surface area contributed by atoms with Crippen molar-refractivity contribution in [1.82, 2.24) is 5.32 Å². The summed E-state index contributed by atoms with van der Waals surface area (Å²) in [6.07, 6.45) is 1.13. The van der Waals surface area contributed by atoms with E-state index in [1.165, 1.54) is 18.2 Å². The van der Waals surface area contributed by atoms with Crippen LogP contribution in [0.25, 0.3) is 0 Å². The number of amides is 1. The molecule has 180 valence electrons. The van der Waals surface area contributed by atoms with Crippen LogP contribution in [0.4, 0.5) is 5.69 Å². The van der Waals surface area contributed by atoms with Crippen molar-refractivity contribution in [3.8, 4) is 0 Å². The molecule has 3 aromatic rings. The molecule has 1 atom stereocenters. The second-order valence-corrected chi connectivity index (χ2v) is 12.1. The first-order valence-electron chi connectivity index (χ1n) is 10.6. The molecular weight excluding hydrogens is 472 g/mol. The summed E-state index contributed by atoms with van der Waals surface area (Å²) in [5.74, 6) is -0.442. The highest BCUT2D eigenvalue weighted by Crippen LogP contribution is 2.24. The lowest BCUT2D eigenvalue weighted by Gasteiger charge is -2.16. The average Bonchev–Trinajstić information content (AvgIpc) is 2.75. The van der Waals surface area contributed by atoms with E-state index in [-0.39, 0.29) is 15.4 Å². The van der Waals surface area contributed by atoms with Crippen LogP contribution in [-0.4, -0.2) is 29.0 Å². The van der Waals surface area contributed by atoms with E-state index in [1.807, 2.05) is 26.0 Å². The second kappa shape index (κ2) is 9.60. The highest BCUT2D eigenvalue weighted by Gasteiger charge is 2.21. The molecular formula is C25H28N2O5S2. The molecule has 34 heavy (non-hydrogen) atoms. The molecule has 0 spiro atoms. The van der Waals surface area contributed by atoms with E-state index in [0.29, 0.717) is 11.3 Å². The number of nitrogens with one attached hydrogen (secondary N) is 2. The SMILES string of the molecule is Cc1ccc(NS(=O)(=O)c2cc(C(=O)N[C@H](C)c3ccc(S(C)(=O)=O)cc3)ccc2C)c(C)c1. The van der Waals surface area contributed by atoms with Gasteiger partial charge >= 0.3 is 0 Å². The van der Waals surface area contributed by atoms with Crippen LogP contribution < -0.4 is 10.0 Å². The molecule has 3 rings (SSSR count). The van der Waals surface area contributed by atoms with Gasteiger partial charge in [-0.05, 0) is 74.7 Å². The summed E-state index contributed by atoms with van der Waals surface area (Å²) in [5, 5.41) is 2.83. The van der Waals surface area contributed by atoms with Gasteiger partial charge in [0, 0.05) is 11.8 Å². The van der Waals surface area contributed by atoms with Crippen LogP contribution in [0.3, 0.4) is 0 Å². The van der Waals surface area contributed by atoms with Crippen LogP contribution >= 0.6 is 0 Å². The van der Waals surface area contributed by atoms with Gasteiger partial charge in [0.25, 0.3) is 15.9 Å². The van der Waals surface area contributed by atoms with Gasteiger partial charge in [-0.25, -0.2) is 16.8 Å². The van der Waals surface area contributed by atoms with E-state index in [4.69, 9.17) is 0 Å². The van der Waals surface area contributed by atoms with E-state index in [1.54, 1.807) is 44.2 Å². The highest BCUT2D eigenvalue weighted by atomic mass is 32.2. The van der Waals surface area contributed by atoms with E-state index < -0.39 is 31.8 Å². The first-order chi connectivity index (χ1) is 15.8. The number of benzene rings is 3. The lowest BCUT2D eigenvalue weighted by Crippen LogP contribution is -2.27. The summed E-state index contributed by atoms with van der Waals surface area (Å²) in [4.78, 5) is 13.1. The van der Waals surface area contributed by atoms with Crippen molar-refractivity contribution in [2.75, 3.05) is 11.0 Å². The smallest absolute Gasteiger partial charge is 0.262 e. The van der Waals surface area contributed by atoms with Crippen LogP contribution in [0.1, 0.15) is 45.6 Å². The summed E-state index contributed by atoms with van der Waals surface area (Å²) in [6, 6.07) is 15.8. The van der Waals surface area contributed by atoms with Crippen LogP contribution in [0.2, 0.25) is 0 Å². The Hall–Kier alpha value is -3.17. The number of rotatable bonds is 7. The zero-order valence-electron chi connectivity index (χ0n) is 19.7. The maximum Gasteiger partial charge on any atom is 0.262 e. The molecule has 0 saturated carbocycles. The number of hydrogen-bond acceptors (Lipinski definition) is 5. The van der Waals surface area contributed by atoms with Crippen molar-refractivity contribution in [2.45, 2.75) is 43.5 Å². The normalized spacial score (nSPS) is 12.7. The number of carbonyl (C=O) groups is 1. The third-order valence-corrected chi connectivity index (χ3v) is 8.16. The van der Waals surface area contributed by atoms with Gasteiger partial charge in [0.05, 0.1) is 21.5 Å². The Bertz CT molecular complexity index is 1450. The Labute approximate surface area is 201 Å². The first kappa shape index (κ1) is 25.5. The fraction of sp³-hybridized carbons (Fsp3) is 0.240. The topological polar surface area (TPSA) is 109 Å². The maximum atomic E-state index is 13.1. The standard InChI is InChI=1S/C25H28N2O5S2/c1-16-6-13-23(18(3)14-16)27-34(31,32)24-15-21(8-7-17(24)2)25(28)26-19(4)20-9-11-22(12-10-20)33(5,29)30/h6-15,19,27H,1-5H3,(H,26,28)/t19-/m1/s1. The number of sulfonamides is 1. The van der Waals surface area contributed by atoms with Gasteiger partial charge in [0.15, 0.2) is 9.84 Å². The molecule has 3 aromatic carbocycles. The monoisotopic (exact) mass is 500 g/mol. The van der Waals surface area contributed by atoms with E-state index >= 15 is 0 Å². The third kappa shape index (κ3) is 5.84. The van der Waals surface area contributed by atoms with E-state index in [2.05, 4.69) is 10.0 Å². The maximum absolute atomic E-state index is 13.1. The summed E-state index contributed by atoms with van der Waals surface area (Å²) >= 11 is 0. The summed E-state index contributed by atoms with van der Waals surface area (Å²) in [6.45, 7) is 7.19. The third-order valence-electron chi connectivity index (χ3n) is 5.52. The first-order valence-corrected chi connectivity index (χ1v) is 14.0. The largest absolute Gasteiger partial charge is 0.346 e. The highest BCUT2D eigenvalue weighted by molar-refractivity contribution is 7.92. The number of carbonyl (C=O) groups excluding carboxylic acids is 1. The molecule has 0 heterocycles. The molecule has 0 bridgehead atoms. The predicted molar refractivity (Wildman–Crippen MR) is 133 cm³/mol. The molecule has 0 aromatic heterocycles. The van der Waals surface area contributed by atoms with Gasteiger partial charge in [-0.1, -0.05) is 35.9 Å². The van der Waals surface area contributed by atoms with Crippen molar-refractivity contribution in [1.29, 1.82) is 0 Å². The molecule has 0 aliphatic heterocycles. The van der Waals surface area contributed by atoms with Crippen LogP contribution in [0.5, 0.6) is 0 Å². The number of sulfone groups is 1. The van der Waals surface area contributed by atoms with Crippen LogP contribution in [0, 0.1) is 20.8 Å². The van der Waals surface area contributed by atoms with Gasteiger partial charge in [0.1, 0.15) is 0 Å². The summed E-state index contributed by atoms with van der Waals surface area (Å²) < 4.78 is 52.1.